The van der Waals surface area contributed by atoms with Crippen molar-refractivity contribution in [1.29, 1.82) is 0 Å². The Labute approximate surface area is 96.2 Å². The van der Waals surface area contributed by atoms with Crippen LogP contribution in [0.4, 0.5) is 15.8 Å². The minimum atomic E-state index is -0.514. The second kappa shape index (κ2) is 4.20. The number of halogens is 1. The number of aromatic nitrogens is 3. The summed E-state index contributed by atoms with van der Waals surface area (Å²) in [5.74, 6) is -0.984. The number of amides is 1. The molecule has 17 heavy (non-hydrogen) atoms. The van der Waals surface area contributed by atoms with Crippen molar-refractivity contribution in [3.8, 4) is 0 Å². The number of nitrogens with two attached hydrogens (primary N) is 1. The van der Waals surface area contributed by atoms with Gasteiger partial charge in [0.15, 0.2) is 5.69 Å². The molecule has 0 unspecified atom stereocenters. The van der Waals surface area contributed by atoms with Gasteiger partial charge in [0.1, 0.15) is 5.82 Å². The molecule has 0 saturated carbocycles. The Bertz CT molecular complexity index is 545. The normalized spacial score (nSPS) is 10.2. The van der Waals surface area contributed by atoms with Crippen molar-refractivity contribution in [2.45, 2.75) is 0 Å². The van der Waals surface area contributed by atoms with Gasteiger partial charge in [0.05, 0.1) is 6.20 Å². The molecular weight excluding hydrogens is 225 g/mol. The number of nitrogen functional groups attached to an aromatic ring is 1. The molecule has 0 atom stereocenters. The van der Waals surface area contributed by atoms with E-state index >= 15 is 0 Å². The second-order valence-corrected chi connectivity index (χ2v) is 3.50. The van der Waals surface area contributed by atoms with E-state index in [-0.39, 0.29) is 17.1 Å². The summed E-state index contributed by atoms with van der Waals surface area (Å²) in [6.07, 6.45) is 1.46. The van der Waals surface area contributed by atoms with E-state index in [1.165, 1.54) is 23.0 Å². The average molecular weight is 235 g/mol. The highest BCUT2D eigenvalue weighted by Gasteiger charge is 2.10. The molecule has 0 saturated heterocycles. The highest BCUT2D eigenvalue weighted by Crippen LogP contribution is 2.15. The Hall–Kier alpha value is -2.44. The van der Waals surface area contributed by atoms with Crippen molar-refractivity contribution in [3.05, 3.63) is 35.9 Å². The number of aryl methyl sites for hydroxylation is 1. The molecule has 2 aromatic rings. The molecule has 0 fully saturated rings. The number of rotatable bonds is 2. The number of hydrogen-bond donors (Lipinski definition) is 2. The van der Waals surface area contributed by atoms with Gasteiger partial charge in [0.25, 0.3) is 5.91 Å². The lowest BCUT2D eigenvalue weighted by molar-refractivity contribution is 0.102. The third-order valence-corrected chi connectivity index (χ3v) is 2.01. The lowest BCUT2D eigenvalue weighted by Gasteiger charge is -2.04. The molecule has 6 nitrogen and oxygen atoms in total. The van der Waals surface area contributed by atoms with Gasteiger partial charge in [-0.1, -0.05) is 5.21 Å². The van der Waals surface area contributed by atoms with Crippen LogP contribution in [-0.2, 0) is 7.05 Å². The third kappa shape index (κ3) is 2.57. The number of anilines is 2. The molecule has 2 rings (SSSR count). The largest absolute Gasteiger partial charge is 0.399 e. The van der Waals surface area contributed by atoms with E-state index < -0.39 is 11.7 Å². The van der Waals surface area contributed by atoms with Gasteiger partial charge in [-0.3, -0.25) is 9.48 Å². The molecule has 0 radical (unpaired) electrons. The zero-order valence-corrected chi connectivity index (χ0v) is 9.01. The molecule has 1 aromatic heterocycles. The summed E-state index contributed by atoms with van der Waals surface area (Å²) in [5.41, 5.74) is 6.11. The molecule has 0 aliphatic heterocycles. The second-order valence-electron chi connectivity index (χ2n) is 3.50. The van der Waals surface area contributed by atoms with Gasteiger partial charge >= 0.3 is 0 Å². The maximum atomic E-state index is 13.0. The van der Waals surface area contributed by atoms with Crippen LogP contribution in [0.5, 0.6) is 0 Å². The monoisotopic (exact) mass is 235 g/mol. The van der Waals surface area contributed by atoms with Crippen molar-refractivity contribution in [2.75, 3.05) is 11.1 Å². The standard InChI is InChI=1S/C10H10FN5O/c1-16-5-9(14-15-16)10(17)13-8-3-6(11)2-7(12)4-8/h2-5H,12H2,1H3,(H,13,17). The number of nitrogens with zero attached hydrogens (tertiary/aromatic N) is 3. The van der Waals surface area contributed by atoms with Crippen LogP contribution >= 0.6 is 0 Å². The van der Waals surface area contributed by atoms with Crippen LogP contribution in [0.25, 0.3) is 0 Å². The molecule has 1 amide bonds. The third-order valence-electron chi connectivity index (χ3n) is 2.01. The molecule has 0 bridgehead atoms. The molecule has 7 heteroatoms. The first-order chi connectivity index (χ1) is 8.04. The summed E-state index contributed by atoms with van der Waals surface area (Å²) in [7, 11) is 1.64. The topological polar surface area (TPSA) is 85.8 Å². The minimum Gasteiger partial charge on any atom is -0.399 e. The maximum absolute atomic E-state index is 13.0. The summed E-state index contributed by atoms with van der Waals surface area (Å²) in [5, 5.41) is 9.73. The number of benzene rings is 1. The molecule has 0 aliphatic rings. The number of carbonyl (C=O) groups excluding carboxylic acids is 1. The van der Waals surface area contributed by atoms with Crippen LogP contribution in [0.3, 0.4) is 0 Å². The van der Waals surface area contributed by atoms with E-state index in [4.69, 9.17) is 5.73 Å². The molecule has 1 aromatic carbocycles. The van der Waals surface area contributed by atoms with E-state index in [9.17, 15) is 9.18 Å². The first kappa shape index (κ1) is 11.1. The van der Waals surface area contributed by atoms with Crippen LogP contribution in [0, 0.1) is 5.82 Å². The van der Waals surface area contributed by atoms with Gasteiger partial charge in [-0.25, -0.2) is 4.39 Å². The fourth-order valence-electron chi connectivity index (χ4n) is 1.33. The fourth-order valence-corrected chi connectivity index (χ4v) is 1.33. The van der Waals surface area contributed by atoms with Crippen LogP contribution in [0.15, 0.2) is 24.4 Å². The molecule has 0 aliphatic carbocycles. The Kier molecular flexibility index (Phi) is 2.73. The van der Waals surface area contributed by atoms with Crippen LogP contribution in [0.1, 0.15) is 10.5 Å². The highest BCUT2D eigenvalue weighted by atomic mass is 19.1. The molecular formula is C10H10FN5O. The zero-order chi connectivity index (χ0) is 12.4. The summed E-state index contributed by atoms with van der Waals surface area (Å²) < 4.78 is 14.4. The molecule has 3 N–H and O–H groups in total. The van der Waals surface area contributed by atoms with E-state index in [1.807, 2.05) is 0 Å². The van der Waals surface area contributed by atoms with Crippen LogP contribution < -0.4 is 11.1 Å². The molecule has 1 heterocycles. The number of nitrogens with one attached hydrogen (secondary N) is 1. The predicted octanol–water partition coefficient (Wildman–Crippen LogP) is 0.789. The van der Waals surface area contributed by atoms with Gasteiger partial charge in [-0.05, 0) is 18.2 Å². The van der Waals surface area contributed by atoms with Gasteiger partial charge in [0, 0.05) is 18.4 Å². The SMILES string of the molecule is Cn1cc(C(=O)Nc2cc(N)cc(F)c2)nn1. The van der Waals surface area contributed by atoms with Gasteiger partial charge in [0.2, 0.25) is 0 Å². The van der Waals surface area contributed by atoms with Crippen molar-refractivity contribution < 1.29 is 9.18 Å². The summed E-state index contributed by atoms with van der Waals surface area (Å²) in [6.45, 7) is 0. The van der Waals surface area contributed by atoms with Gasteiger partial charge in [-0.2, -0.15) is 0 Å². The van der Waals surface area contributed by atoms with Gasteiger partial charge in [-0.15, -0.1) is 5.10 Å². The Balaban J connectivity index is 2.18. The Morgan fingerprint density at radius 2 is 2.24 bits per heavy atom. The summed E-state index contributed by atoms with van der Waals surface area (Å²) in [6, 6.07) is 3.79. The summed E-state index contributed by atoms with van der Waals surface area (Å²) in [4.78, 5) is 11.7. The maximum Gasteiger partial charge on any atom is 0.277 e. The number of hydrogen-bond acceptors (Lipinski definition) is 4. The van der Waals surface area contributed by atoms with Crippen LogP contribution in [-0.4, -0.2) is 20.9 Å². The van der Waals surface area contributed by atoms with E-state index in [0.29, 0.717) is 0 Å². The molecule has 0 spiro atoms. The predicted molar refractivity (Wildman–Crippen MR) is 59.8 cm³/mol. The van der Waals surface area contributed by atoms with Crippen LogP contribution in [0.2, 0.25) is 0 Å². The van der Waals surface area contributed by atoms with Crippen molar-refractivity contribution in [2.24, 2.45) is 7.05 Å². The lowest BCUT2D eigenvalue weighted by atomic mass is 10.2. The lowest BCUT2D eigenvalue weighted by Crippen LogP contribution is -2.12. The number of carbonyl (C=O) groups is 1. The first-order valence-electron chi connectivity index (χ1n) is 4.78. The molecule has 88 valence electrons. The summed E-state index contributed by atoms with van der Waals surface area (Å²) >= 11 is 0. The van der Waals surface area contributed by atoms with Gasteiger partial charge < -0.3 is 11.1 Å². The van der Waals surface area contributed by atoms with E-state index in [1.54, 1.807) is 7.05 Å². The zero-order valence-electron chi connectivity index (χ0n) is 9.01. The average Bonchev–Trinajstić information content (AvgIpc) is 2.63. The van der Waals surface area contributed by atoms with E-state index in [2.05, 4.69) is 15.6 Å². The Morgan fingerprint density at radius 1 is 1.47 bits per heavy atom. The van der Waals surface area contributed by atoms with Crippen molar-refractivity contribution >= 4 is 17.3 Å². The highest BCUT2D eigenvalue weighted by molar-refractivity contribution is 6.02. The first-order valence-corrected chi connectivity index (χ1v) is 4.78. The minimum absolute atomic E-state index is 0.148. The smallest absolute Gasteiger partial charge is 0.277 e. The fraction of sp³-hybridized carbons (Fsp3) is 0.100. The van der Waals surface area contributed by atoms with Crippen molar-refractivity contribution in [1.82, 2.24) is 15.0 Å². The Morgan fingerprint density at radius 3 is 2.82 bits per heavy atom. The van der Waals surface area contributed by atoms with Crippen molar-refractivity contribution in [3.63, 3.8) is 0 Å². The van der Waals surface area contributed by atoms with E-state index in [0.717, 1.165) is 6.07 Å². The quantitative estimate of drug-likeness (QED) is 0.753.